The van der Waals surface area contributed by atoms with Gasteiger partial charge in [-0.15, -0.1) is 11.3 Å². The second-order valence-corrected chi connectivity index (χ2v) is 6.94. The van der Waals surface area contributed by atoms with Crippen LogP contribution in [0, 0.1) is 0 Å². The minimum absolute atomic E-state index is 0.0657. The molecule has 1 heterocycles. The fourth-order valence-corrected chi connectivity index (χ4v) is 3.11. The molecule has 0 aliphatic rings. The van der Waals surface area contributed by atoms with Crippen LogP contribution in [0.2, 0.25) is 0 Å². The van der Waals surface area contributed by atoms with Crippen LogP contribution in [0.5, 0.6) is 0 Å². The number of likely N-dealkylation sites (N-methyl/N-ethyl adjacent to an activating group) is 1. The Morgan fingerprint density at radius 2 is 1.78 bits per heavy atom. The summed E-state index contributed by atoms with van der Waals surface area (Å²) in [6.45, 7) is 2.67. The molecular formula is C18H21F3N3O2S+. The van der Waals surface area contributed by atoms with Gasteiger partial charge in [-0.25, -0.2) is 0 Å². The lowest BCUT2D eigenvalue weighted by Crippen LogP contribution is -3.14. The van der Waals surface area contributed by atoms with Gasteiger partial charge in [-0.2, -0.15) is 13.2 Å². The maximum atomic E-state index is 13.0. The minimum Gasteiger partial charge on any atom is -0.346 e. The van der Waals surface area contributed by atoms with E-state index < -0.39 is 17.6 Å². The summed E-state index contributed by atoms with van der Waals surface area (Å²) in [6.07, 6.45) is -4.55. The molecule has 0 saturated heterocycles. The van der Waals surface area contributed by atoms with Crippen LogP contribution in [0.1, 0.15) is 17.4 Å². The number of amides is 2. The molecular weight excluding hydrogens is 379 g/mol. The zero-order valence-electron chi connectivity index (χ0n) is 14.7. The predicted molar refractivity (Wildman–Crippen MR) is 97.5 cm³/mol. The number of benzene rings is 1. The highest BCUT2D eigenvalue weighted by molar-refractivity contribution is 7.09. The van der Waals surface area contributed by atoms with Gasteiger partial charge >= 0.3 is 6.18 Å². The van der Waals surface area contributed by atoms with E-state index in [2.05, 4.69) is 10.6 Å². The summed E-state index contributed by atoms with van der Waals surface area (Å²) in [4.78, 5) is 25.9. The maximum Gasteiger partial charge on any atom is 0.418 e. The van der Waals surface area contributed by atoms with Crippen LogP contribution in [0.25, 0.3) is 0 Å². The average Bonchev–Trinajstić information content (AvgIpc) is 3.12. The average molecular weight is 400 g/mol. The van der Waals surface area contributed by atoms with Crippen LogP contribution >= 0.6 is 11.3 Å². The van der Waals surface area contributed by atoms with Crippen molar-refractivity contribution < 1.29 is 27.7 Å². The molecule has 27 heavy (non-hydrogen) atoms. The van der Waals surface area contributed by atoms with E-state index in [9.17, 15) is 22.8 Å². The van der Waals surface area contributed by atoms with Crippen molar-refractivity contribution in [3.05, 3.63) is 52.2 Å². The first-order valence-corrected chi connectivity index (χ1v) is 9.26. The number of para-hydroxylation sites is 1. The number of nitrogens with one attached hydrogen (secondary N) is 3. The van der Waals surface area contributed by atoms with Gasteiger partial charge in [0.15, 0.2) is 13.1 Å². The number of carbonyl (C=O) groups is 2. The standard InChI is InChI=1S/C18H20F3N3O2S/c1-2-24(11-16(25)22-10-13-6-5-9-27-13)12-17(26)23-15-8-4-3-7-14(15)18(19,20)21/h3-9H,2,10-12H2,1H3,(H,22,25)(H,23,26)/p+1. The van der Waals surface area contributed by atoms with Gasteiger partial charge in [-0.3, -0.25) is 9.59 Å². The monoisotopic (exact) mass is 400 g/mol. The van der Waals surface area contributed by atoms with Crippen molar-refractivity contribution in [3.8, 4) is 0 Å². The number of alkyl halides is 3. The molecule has 1 atom stereocenters. The normalized spacial score (nSPS) is 12.4. The van der Waals surface area contributed by atoms with Crippen molar-refractivity contribution in [2.24, 2.45) is 0 Å². The Kier molecular flexibility index (Phi) is 7.37. The molecule has 146 valence electrons. The highest BCUT2D eigenvalue weighted by Gasteiger charge is 2.33. The number of anilines is 1. The lowest BCUT2D eigenvalue weighted by molar-refractivity contribution is -0.881. The van der Waals surface area contributed by atoms with E-state index in [1.165, 1.54) is 29.5 Å². The van der Waals surface area contributed by atoms with Gasteiger partial charge < -0.3 is 15.5 Å². The maximum absolute atomic E-state index is 13.0. The van der Waals surface area contributed by atoms with Crippen LogP contribution < -0.4 is 15.5 Å². The zero-order valence-corrected chi connectivity index (χ0v) is 15.5. The number of quaternary nitrogens is 1. The predicted octanol–water partition coefficient (Wildman–Crippen LogP) is 1.93. The van der Waals surface area contributed by atoms with E-state index in [1.54, 1.807) is 6.92 Å². The van der Waals surface area contributed by atoms with Crippen LogP contribution in [0.3, 0.4) is 0 Å². The van der Waals surface area contributed by atoms with Gasteiger partial charge in [-0.05, 0) is 30.5 Å². The van der Waals surface area contributed by atoms with E-state index in [0.29, 0.717) is 18.0 Å². The Bertz CT molecular complexity index is 763. The van der Waals surface area contributed by atoms with Gasteiger partial charge in [0.25, 0.3) is 11.8 Å². The number of halogens is 3. The van der Waals surface area contributed by atoms with Crippen molar-refractivity contribution in [1.82, 2.24) is 5.32 Å². The molecule has 1 unspecified atom stereocenters. The number of hydrogen-bond donors (Lipinski definition) is 3. The second-order valence-electron chi connectivity index (χ2n) is 5.90. The summed E-state index contributed by atoms with van der Waals surface area (Å²) in [5.74, 6) is -0.793. The number of carbonyl (C=O) groups excluding carboxylic acids is 2. The fraction of sp³-hybridized carbons (Fsp3) is 0.333. The topological polar surface area (TPSA) is 62.6 Å². The van der Waals surface area contributed by atoms with Crippen LogP contribution in [0.15, 0.2) is 41.8 Å². The van der Waals surface area contributed by atoms with Crippen molar-refractivity contribution >= 4 is 28.8 Å². The molecule has 0 aliphatic carbocycles. The molecule has 2 amide bonds. The molecule has 0 fully saturated rings. The van der Waals surface area contributed by atoms with E-state index in [4.69, 9.17) is 0 Å². The first-order valence-electron chi connectivity index (χ1n) is 8.38. The molecule has 1 aromatic carbocycles. The van der Waals surface area contributed by atoms with Gasteiger partial charge in [-0.1, -0.05) is 18.2 Å². The molecule has 2 rings (SSSR count). The SMILES string of the molecule is CC[NH+](CC(=O)NCc1cccs1)CC(=O)Nc1ccccc1C(F)(F)F. The summed E-state index contributed by atoms with van der Waals surface area (Å²) in [5.41, 5.74) is -1.18. The van der Waals surface area contributed by atoms with E-state index >= 15 is 0 Å². The summed E-state index contributed by atoms with van der Waals surface area (Å²) < 4.78 is 39.0. The summed E-state index contributed by atoms with van der Waals surface area (Å²) in [6, 6.07) is 8.60. The Balaban J connectivity index is 1.88. The first-order chi connectivity index (χ1) is 12.8. The summed E-state index contributed by atoms with van der Waals surface area (Å²) in [7, 11) is 0. The molecule has 2 aromatic rings. The number of hydrogen-bond acceptors (Lipinski definition) is 3. The van der Waals surface area contributed by atoms with Crippen molar-refractivity contribution in [2.45, 2.75) is 19.6 Å². The van der Waals surface area contributed by atoms with E-state index in [-0.39, 0.29) is 24.7 Å². The van der Waals surface area contributed by atoms with Gasteiger partial charge in [0.05, 0.1) is 24.3 Å². The number of rotatable bonds is 8. The third kappa shape index (κ3) is 6.69. The third-order valence-corrected chi connectivity index (χ3v) is 4.74. The lowest BCUT2D eigenvalue weighted by Gasteiger charge is -2.18. The summed E-state index contributed by atoms with van der Waals surface area (Å²) in [5, 5.41) is 6.98. The van der Waals surface area contributed by atoms with Crippen LogP contribution in [0.4, 0.5) is 18.9 Å². The van der Waals surface area contributed by atoms with Gasteiger partial charge in [0.1, 0.15) is 0 Å². The Morgan fingerprint density at radius 1 is 1.07 bits per heavy atom. The quantitative estimate of drug-likeness (QED) is 0.634. The molecule has 0 spiro atoms. The molecule has 0 aliphatic heterocycles. The molecule has 0 radical (unpaired) electrons. The van der Waals surface area contributed by atoms with Crippen LogP contribution in [-0.2, 0) is 22.3 Å². The Morgan fingerprint density at radius 3 is 2.41 bits per heavy atom. The molecule has 0 bridgehead atoms. The zero-order chi connectivity index (χ0) is 19.9. The molecule has 3 N–H and O–H groups in total. The van der Waals surface area contributed by atoms with Crippen molar-refractivity contribution in [1.29, 1.82) is 0 Å². The third-order valence-electron chi connectivity index (χ3n) is 3.87. The highest BCUT2D eigenvalue weighted by Crippen LogP contribution is 2.34. The van der Waals surface area contributed by atoms with E-state index in [0.717, 1.165) is 10.9 Å². The molecule has 1 aromatic heterocycles. The van der Waals surface area contributed by atoms with Crippen molar-refractivity contribution in [2.75, 3.05) is 25.0 Å². The smallest absolute Gasteiger partial charge is 0.346 e. The molecule has 5 nitrogen and oxygen atoms in total. The number of thiophene rings is 1. The van der Waals surface area contributed by atoms with Gasteiger partial charge in [0.2, 0.25) is 0 Å². The van der Waals surface area contributed by atoms with Crippen LogP contribution in [-0.4, -0.2) is 31.4 Å². The second kappa shape index (κ2) is 9.52. The Hall–Kier alpha value is -2.39. The molecule has 9 heteroatoms. The Labute approximate surface area is 159 Å². The van der Waals surface area contributed by atoms with E-state index in [1.807, 2.05) is 17.5 Å². The van der Waals surface area contributed by atoms with Gasteiger partial charge in [0, 0.05) is 4.88 Å². The largest absolute Gasteiger partial charge is 0.418 e. The fourth-order valence-electron chi connectivity index (χ4n) is 2.46. The molecule has 0 saturated carbocycles. The minimum atomic E-state index is -4.55. The first kappa shape index (κ1) is 20.9. The highest BCUT2D eigenvalue weighted by atomic mass is 32.1. The van der Waals surface area contributed by atoms with Crippen molar-refractivity contribution in [3.63, 3.8) is 0 Å². The summed E-state index contributed by atoms with van der Waals surface area (Å²) >= 11 is 1.53. The lowest BCUT2D eigenvalue weighted by atomic mass is 10.1.